The van der Waals surface area contributed by atoms with Crippen LogP contribution in [0.1, 0.15) is 69.2 Å². The van der Waals surface area contributed by atoms with Gasteiger partial charge in [-0.15, -0.1) is 0 Å². The maximum absolute atomic E-state index is 15.1. The van der Waals surface area contributed by atoms with Gasteiger partial charge in [0.2, 0.25) is 0 Å². The van der Waals surface area contributed by atoms with Crippen molar-refractivity contribution < 1.29 is 18.6 Å². The number of nitrogens with zero attached hydrogens (tertiary/aromatic N) is 2. The van der Waals surface area contributed by atoms with E-state index in [9.17, 15) is 0 Å². The zero-order valence-corrected chi connectivity index (χ0v) is 25.9. The van der Waals surface area contributed by atoms with Gasteiger partial charge in [-0.25, -0.2) is 4.39 Å². The first-order valence-electron chi connectivity index (χ1n) is 15.0. The summed E-state index contributed by atoms with van der Waals surface area (Å²) in [4.78, 5) is 4.67. The Hall–Kier alpha value is -3.25. The maximum atomic E-state index is 15.1. The van der Waals surface area contributed by atoms with Gasteiger partial charge in [0.1, 0.15) is 18.1 Å². The van der Waals surface area contributed by atoms with Crippen molar-refractivity contribution in [2.75, 3.05) is 38.8 Å². The number of anilines is 1. The van der Waals surface area contributed by atoms with Crippen LogP contribution in [0.5, 0.6) is 17.2 Å². The molecular weight excluding hydrogens is 515 g/mol. The fraction of sp³-hybridized carbons (Fsp3) is 0.486. The van der Waals surface area contributed by atoms with E-state index >= 15 is 4.39 Å². The molecule has 0 heterocycles. The third-order valence-corrected chi connectivity index (χ3v) is 8.35. The Kier molecular flexibility index (Phi) is 10.5. The average Bonchev–Trinajstić information content (AvgIpc) is 2.97. The van der Waals surface area contributed by atoms with Crippen LogP contribution in [-0.2, 0) is 19.4 Å². The Labute approximate surface area is 246 Å². The van der Waals surface area contributed by atoms with E-state index in [4.69, 9.17) is 14.2 Å². The molecule has 5 nitrogen and oxygen atoms in total. The zero-order valence-electron chi connectivity index (χ0n) is 25.9. The van der Waals surface area contributed by atoms with Crippen LogP contribution < -0.4 is 19.1 Å². The van der Waals surface area contributed by atoms with Crippen LogP contribution in [0.25, 0.3) is 0 Å². The third kappa shape index (κ3) is 7.53. The summed E-state index contributed by atoms with van der Waals surface area (Å²) in [7, 11) is 3.42. The van der Waals surface area contributed by atoms with Gasteiger partial charge >= 0.3 is 0 Å². The van der Waals surface area contributed by atoms with Gasteiger partial charge in [0.25, 0.3) is 0 Å². The number of halogens is 1. The van der Waals surface area contributed by atoms with Gasteiger partial charge in [0.15, 0.2) is 11.6 Å². The monoisotopic (exact) mass is 562 g/mol. The number of benzene rings is 3. The fourth-order valence-corrected chi connectivity index (χ4v) is 6.11. The molecule has 1 aliphatic carbocycles. The molecule has 1 atom stereocenters. The Morgan fingerprint density at radius 2 is 1.59 bits per heavy atom. The molecule has 6 heteroatoms. The highest BCUT2D eigenvalue weighted by Crippen LogP contribution is 2.40. The first-order valence-corrected chi connectivity index (χ1v) is 15.0. The lowest BCUT2D eigenvalue weighted by Crippen LogP contribution is -2.39. The molecule has 3 aromatic rings. The summed E-state index contributed by atoms with van der Waals surface area (Å²) in [6, 6.07) is 19.0. The molecule has 0 bridgehead atoms. The highest BCUT2D eigenvalue weighted by Gasteiger charge is 2.25. The SMILES string of the molecule is CCN(Cc1ccc(OCCN(C(C)C)C(C)C)c(F)c1)c1cc(OC)ccc1C1CCc2cc(OC)ccc2C1. The van der Waals surface area contributed by atoms with Gasteiger partial charge in [-0.3, -0.25) is 4.90 Å². The third-order valence-electron chi connectivity index (χ3n) is 8.35. The molecule has 0 aliphatic heterocycles. The van der Waals surface area contributed by atoms with Crippen molar-refractivity contribution in [3.8, 4) is 17.2 Å². The van der Waals surface area contributed by atoms with Crippen molar-refractivity contribution in [2.45, 2.75) is 78.4 Å². The summed E-state index contributed by atoms with van der Waals surface area (Å²) in [5.41, 5.74) is 6.14. The fourth-order valence-electron chi connectivity index (χ4n) is 6.11. The van der Waals surface area contributed by atoms with Crippen LogP contribution in [0, 0.1) is 5.82 Å². The van der Waals surface area contributed by atoms with E-state index in [-0.39, 0.29) is 5.82 Å². The summed E-state index contributed by atoms with van der Waals surface area (Å²) in [5, 5.41) is 0. The molecule has 1 unspecified atom stereocenters. The van der Waals surface area contributed by atoms with Crippen LogP contribution in [-0.4, -0.2) is 50.9 Å². The first kappa shape index (κ1) is 30.7. The van der Waals surface area contributed by atoms with Crippen LogP contribution in [0.15, 0.2) is 54.6 Å². The molecule has 0 amide bonds. The van der Waals surface area contributed by atoms with E-state index in [1.165, 1.54) is 16.7 Å². The Bertz CT molecular complexity index is 1280. The highest BCUT2D eigenvalue weighted by molar-refractivity contribution is 5.60. The number of aryl methyl sites for hydroxylation is 1. The molecule has 0 N–H and O–H groups in total. The van der Waals surface area contributed by atoms with E-state index < -0.39 is 0 Å². The van der Waals surface area contributed by atoms with Crippen molar-refractivity contribution in [1.29, 1.82) is 0 Å². The van der Waals surface area contributed by atoms with Gasteiger partial charge in [0, 0.05) is 43.5 Å². The quantitative estimate of drug-likeness (QED) is 0.214. The van der Waals surface area contributed by atoms with Crippen molar-refractivity contribution in [2.24, 2.45) is 0 Å². The molecule has 0 spiro atoms. The van der Waals surface area contributed by atoms with Gasteiger partial charge in [-0.1, -0.05) is 18.2 Å². The summed E-state index contributed by atoms with van der Waals surface area (Å²) in [6.45, 7) is 13.5. The van der Waals surface area contributed by atoms with Gasteiger partial charge < -0.3 is 19.1 Å². The van der Waals surface area contributed by atoms with Crippen LogP contribution in [0.4, 0.5) is 10.1 Å². The lowest BCUT2D eigenvalue weighted by molar-refractivity contribution is 0.140. The van der Waals surface area contributed by atoms with Crippen molar-refractivity contribution in [3.05, 3.63) is 82.7 Å². The zero-order chi connectivity index (χ0) is 29.5. The minimum atomic E-state index is -0.315. The maximum Gasteiger partial charge on any atom is 0.165 e. The number of hydrogen-bond acceptors (Lipinski definition) is 5. The molecule has 41 heavy (non-hydrogen) atoms. The smallest absolute Gasteiger partial charge is 0.165 e. The Morgan fingerprint density at radius 1 is 0.878 bits per heavy atom. The summed E-state index contributed by atoms with van der Waals surface area (Å²) < 4.78 is 32.1. The molecule has 1 aliphatic rings. The molecule has 0 aromatic heterocycles. The Morgan fingerprint density at radius 3 is 2.24 bits per heavy atom. The second-order valence-corrected chi connectivity index (χ2v) is 11.6. The predicted octanol–water partition coefficient (Wildman–Crippen LogP) is 7.64. The standard InChI is InChI=1S/C35H47FN2O3/c1-8-37(23-26-9-16-35(33(36)19-26)41-18-17-38(24(2)3)25(4)5)34-22-31(40-7)14-15-32(34)29-11-10-28-21-30(39-6)13-12-27(28)20-29/h9,12-16,19,21-22,24-25,29H,8,10-11,17-18,20,23H2,1-7H3. The second kappa shape index (κ2) is 14.1. The minimum Gasteiger partial charge on any atom is -0.497 e. The number of hydrogen-bond donors (Lipinski definition) is 0. The highest BCUT2D eigenvalue weighted by atomic mass is 19.1. The lowest BCUT2D eigenvalue weighted by Gasteiger charge is -2.32. The van der Waals surface area contributed by atoms with Gasteiger partial charge in [-0.05, 0) is 112 Å². The minimum absolute atomic E-state index is 0.309. The van der Waals surface area contributed by atoms with Gasteiger partial charge in [0.05, 0.1) is 14.2 Å². The number of rotatable bonds is 13. The van der Waals surface area contributed by atoms with E-state index in [1.807, 2.05) is 6.07 Å². The van der Waals surface area contributed by atoms with Crippen molar-refractivity contribution in [1.82, 2.24) is 4.90 Å². The summed E-state index contributed by atoms with van der Waals surface area (Å²) in [6.07, 6.45) is 3.08. The van der Waals surface area contributed by atoms with Crippen LogP contribution in [0.2, 0.25) is 0 Å². The van der Waals surface area contributed by atoms with Gasteiger partial charge in [-0.2, -0.15) is 0 Å². The molecule has 0 radical (unpaired) electrons. The average molecular weight is 563 g/mol. The lowest BCUT2D eigenvalue weighted by atomic mass is 9.79. The number of methoxy groups -OCH3 is 2. The molecule has 0 saturated heterocycles. The predicted molar refractivity (Wildman–Crippen MR) is 166 cm³/mol. The topological polar surface area (TPSA) is 34.2 Å². The van der Waals surface area contributed by atoms with E-state index in [0.29, 0.717) is 36.9 Å². The number of fused-ring (bicyclic) bond motifs is 1. The van der Waals surface area contributed by atoms with E-state index in [0.717, 1.165) is 55.1 Å². The molecular formula is C35H47FN2O3. The molecule has 0 saturated carbocycles. The number of ether oxygens (including phenoxy) is 3. The van der Waals surface area contributed by atoms with Crippen LogP contribution >= 0.6 is 0 Å². The molecule has 222 valence electrons. The second-order valence-electron chi connectivity index (χ2n) is 11.6. The molecule has 4 rings (SSSR count). The first-order chi connectivity index (χ1) is 19.7. The molecule has 0 fully saturated rings. The normalized spacial score (nSPS) is 14.9. The van der Waals surface area contributed by atoms with Crippen molar-refractivity contribution >= 4 is 5.69 Å². The summed E-state index contributed by atoms with van der Waals surface area (Å²) in [5.74, 6) is 2.14. The van der Waals surface area contributed by atoms with Crippen molar-refractivity contribution in [3.63, 3.8) is 0 Å². The van der Waals surface area contributed by atoms with E-state index in [2.05, 4.69) is 80.8 Å². The summed E-state index contributed by atoms with van der Waals surface area (Å²) >= 11 is 0. The Balaban J connectivity index is 1.51. The van der Waals surface area contributed by atoms with Crippen LogP contribution in [0.3, 0.4) is 0 Å². The van der Waals surface area contributed by atoms with E-state index in [1.54, 1.807) is 26.4 Å². The molecule has 3 aromatic carbocycles. The largest absolute Gasteiger partial charge is 0.497 e.